The van der Waals surface area contributed by atoms with Gasteiger partial charge in [0.15, 0.2) is 0 Å². The number of nitrogens with zero attached hydrogens (tertiary/aromatic N) is 3. The van der Waals surface area contributed by atoms with Crippen LogP contribution in [0.15, 0.2) is 53.1 Å². The fourth-order valence-corrected chi connectivity index (χ4v) is 3.40. The van der Waals surface area contributed by atoms with E-state index in [2.05, 4.69) is 29.2 Å². The Labute approximate surface area is 156 Å². The van der Waals surface area contributed by atoms with Crippen molar-refractivity contribution in [2.24, 2.45) is 0 Å². The van der Waals surface area contributed by atoms with Crippen LogP contribution in [0.25, 0.3) is 11.4 Å². The lowest BCUT2D eigenvalue weighted by Gasteiger charge is -2.16. The van der Waals surface area contributed by atoms with Crippen LogP contribution in [-0.2, 0) is 11.2 Å². The summed E-state index contributed by atoms with van der Waals surface area (Å²) in [6, 6.07) is 15.4. The normalized spacial score (nSPS) is 17.1. The van der Waals surface area contributed by atoms with Crippen molar-refractivity contribution in [3.63, 3.8) is 0 Å². The number of aryl methyl sites for hydroxylation is 1. The molecule has 6 heteroatoms. The van der Waals surface area contributed by atoms with E-state index in [0.29, 0.717) is 29.7 Å². The highest BCUT2D eigenvalue weighted by Crippen LogP contribution is 2.32. The number of hydrogen-bond donors (Lipinski definition) is 0. The van der Waals surface area contributed by atoms with Crippen molar-refractivity contribution in [1.82, 2.24) is 10.1 Å². The molecule has 1 atom stereocenters. The molecule has 0 aliphatic carbocycles. The van der Waals surface area contributed by atoms with Crippen LogP contribution in [0.3, 0.4) is 0 Å². The molecule has 3 aromatic rings. The first-order chi connectivity index (χ1) is 12.6. The standard InChI is InChI=1S/C20H18ClN3O2/c1-2-13-5-3-8-17(9-13)24-12-15(11-18(24)25)20-22-19(23-26-20)14-6-4-7-16(21)10-14/h3-10,15H,2,11-12H2,1H3. The van der Waals surface area contributed by atoms with Gasteiger partial charge in [-0.2, -0.15) is 4.98 Å². The summed E-state index contributed by atoms with van der Waals surface area (Å²) >= 11 is 6.02. The average Bonchev–Trinajstić information content (AvgIpc) is 3.28. The third-order valence-electron chi connectivity index (χ3n) is 4.63. The molecule has 26 heavy (non-hydrogen) atoms. The van der Waals surface area contributed by atoms with Crippen LogP contribution in [0.4, 0.5) is 5.69 Å². The Morgan fingerprint density at radius 3 is 2.88 bits per heavy atom. The van der Waals surface area contributed by atoms with Crippen molar-refractivity contribution in [1.29, 1.82) is 0 Å². The number of carbonyl (C=O) groups is 1. The van der Waals surface area contributed by atoms with E-state index in [1.807, 2.05) is 24.3 Å². The zero-order chi connectivity index (χ0) is 18.1. The van der Waals surface area contributed by atoms with E-state index in [9.17, 15) is 4.79 Å². The highest BCUT2D eigenvalue weighted by Gasteiger charge is 2.35. The summed E-state index contributed by atoms with van der Waals surface area (Å²) in [4.78, 5) is 18.8. The zero-order valence-electron chi connectivity index (χ0n) is 14.4. The lowest BCUT2D eigenvalue weighted by atomic mass is 10.1. The molecular formula is C20H18ClN3O2. The highest BCUT2D eigenvalue weighted by molar-refractivity contribution is 6.30. The van der Waals surface area contributed by atoms with Gasteiger partial charge in [0.25, 0.3) is 0 Å². The van der Waals surface area contributed by atoms with E-state index in [0.717, 1.165) is 17.7 Å². The highest BCUT2D eigenvalue weighted by atomic mass is 35.5. The van der Waals surface area contributed by atoms with Crippen molar-refractivity contribution >= 4 is 23.2 Å². The number of hydrogen-bond acceptors (Lipinski definition) is 4. The van der Waals surface area contributed by atoms with Gasteiger partial charge in [-0.1, -0.05) is 47.9 Å². The van der Waals surface area contributed by atoms with Crippen LogP contribution >= 0.6 is 11.6 Å². The molecule has 5 nitrogen and oxygen atoms in total. The Balaban J connectivity index is 1.56. The Hall–Kier alpha value is -2.66. The first-order valence-corrected chi connectivity index (χ1v) is 9.00. The molecule has 1 aliphatic heterocycles. The predicted octanol–water partition coefficient (Wildman–Crippen LogP) is 4.47. The monoisotopic (exact) mass is 367 g/mol. The molecular weight excluding hydrogens is 350 g/mol. The van der Waals surface area contributed by atoms with Gasteiger partial charge in [-0.05, 0) is 36.2 Å². The van der Waals surface area contributed by atoms with Gasteiger partial charge in [0.1, 0.15) is 0 Å². The Morgan fingerprint density at radius 1 is 1.23 bits per heavy atom. The van der Waals surface area contributed by atoms with Gasteiger partial charge < -0.3 is 9.42 Å². The topological polar surface area (TPSA) is 59.2 Å². The van der Waals surface area contributed by atoms with Gasteiger partial charge in [-0.3, -0.25) is 4.79 Å². The second-order valence-electron chi connectivity index (χ2n) is 6.40. The molecule has 132 valence electrons. The number of halogens is 1. The minimum Gasteiger partial charge on any atom is -0.339 e. The van der Waals surface area contributed by atoms with Gasteiger partial charge in [-0.15, -0.1) is 0 Å². The summed E-state index contributed by atoms with van der Waals surface area (Å²) in [6.45, 7) is 2.65. The van der Waals surface area contributed by atoms with Crippen LogP contribution < -0.4 is 4.90 Å². The fraction of sp³-hybridized carbons (Fsp3) is 0.250. The number of anilines is 1. The molecule has 1 saturated heterocycles. The quantitative estimate of drug-likeness (QED) is 0.682. The number of carbonyl (C=O) groups excluding carboxylic acids is 1. The maximum absolute atomic E-state index is 12.5. The average molecular weight is 368 g/mol. The summed E-state index contributed by atoms with van der Waals surface area (Å²) in [5.74, 6) is 0.947. The van der Waals surface area contributed by atoms with Crippen LogP contribution in [0.5, 0.6) is 0 Å². The van der Waals surface area contributed by atoms with Gasteiger partial charge in [0.2, 0.25) is 17.6 Å². The molecule has 4 rings (SSSR count). The van der Waals surface area contributed by atoms with Crippen LogP contribution in [0.1, 0.15) is 30.7 Å². The third-order valence-corrected chi connectivity index (χ3v) is 4.86. The first-order valence-electron chi connectivity index (χ1n) is 8.63. The number of aromatic nitrogens is 2. The summed E-state index contributed by atoms with van der Waals surface area (Å²) in [5, 5.41) is 4.67. The smallest absolute Gasteiger partial charge is 0.232 e. The molecule has 0 bridgehead atoms. The van der Waals surface area contributed by atoms with Crippen LogP contribution in [-0.4, -0.2) is 22.6 Å². The molecule has 1 aromatic heterocycles. The van der Waals surface area contributed by atoms with Crippen LogP contribution in [0, 0.1) is 0 Å². The number of rotatable bonds is 4. The summed E-state index contributed by atoms with van der Waals surface area (Å²) in [7, 11) is 0. The third kappa shape index (κ3) is 3.22. The van der Waals surface area contributed by atoms with E-state index in [1.165, 1.54) is 5.56 Å². The molecule has 1 aliphatic rings. The minimum absolute atomic E-state index is 0.0748. The lowest BCUT2D eigenvalue weighted by molar-refractivity contribution is -0.117. The second kappa shape index (κ2) is 6.92. The van der Waals surface area contributed by atoms with E-state index >= 15 is 0 Å². The first kappa shape index (κ1) is 16.8. The van der Waals surface area contributed by atoms with E-state index in [-0.39, 0.29) is 11.8 Å². The molecule has 1 unspecified atom stereocenters. The SMILES string of the molecule is CCc1cccc(N2CC(c3nc(-c4cccc(Cl)c4)no3)CC2=O)c1. The maximum atomic E-state index is 12.5. The van der Waals surface area contributed by atoms with Gasteiger partial charge >= 0.3 is 0 Å². The molecule has 2 heterocycles. The fourth-order valence-electron chi connectivity index (χ4n) is 3.21. The van der Waals surface area contributed by atoms with E-state index in [1.54, 1.807) is 17.0 Å². The summed E-state index contributed by atoms with van der Waals surface area (Å²) in [6.07, 6.45) is 1.31. The molecule has 2 aromatic carbocycles. The molecule has 0 radical (unpaired) electrons. The lowest BCUT2D eigenvalue weighted by Crippen LogP contribution is -2.24. The second-order valence-corrected chi connectivity index (χ2v) is 6.83. The van der Waals surface area contributed by atoms with Crippen molar-refractivity contribution < 1.29 is 9.32 Å². The molecule has 0 N–H and O–H groups in total. The largest absolute Gasteiger partial charge is 0.339 e. The van der Waals surface area contributed by atoms with Gasteiger partial charge in [-0.25, -0.2) is 0 Å². The summed E-state index contributed by atoms with van der Waals surface area (Å²) in [5.41, 5.74) is 2.93. The number of amides is 1. The Morgan fingerprint density at radius 2 is 2.08 bits per heavy atom. The Kier molecular flexibility index (Phi) is 4.47. The molecule has 1 fully saturated rings. The maximum Gasteiger partial charge on any atom is 0.232 e. The van der Waals surface area contributed by atoms with Crippen LogP contribution in [0.2, 0.25) is 5.02 Å². The zero-order valence-corrected chi connectivity index (χ0v) is 15.1. The van der Waals surface area contributed by atoms with Crippen molar-refractivity contribution in [3.05, 3.63) is 65.0 Å². The Bertz CT molecular complexity index is 953. The predicted molar refractivity (Wildman–Crippen MR) is 100 cm³/mol. The summed E-state index contributed by atoms with van der Waals surface area (Å²) < 4.78 is 5.44. The van der Waals surface area contributed by atoms with Gasteiger partial charge in [0.05, 0.1) is 5.92 Å². The van der Waals surface area contributed by atoms with Gasteiger partial charge in [0, 0.05) is 29.2 Å². The minimum atomic E-state index is -0.104. The van der Waals surface area contributed by atoms with Crippen molar-refractivity contribution in [3.8, 4) is 11.4 Å². The molecule has 0 saturated carbocycles. The van der Waals surface area contributed by atoms with E-state index < -0.39 is 0 Å². The van der Waals surface area contributed by atoms with Crippen molar-refractivity contribution in [2.75, 3.05) is 11.4 Å². The van der Waals surface area contributed by atoms with E-state index in [4.69, 9.17) is 16.1 Å². The molecule has 1 amide bonds. The number of benzene rings is 2. The molecule has 0 spiro atoms. The van der Waals surface area contributed by atoms with Crippen molar-refractivity contribution in [2.45, 2.75) is 25.7 Å².